The Morgan fingerprint density at radius 3 is 2.50 bits per heavy atom. The number of carbonyl (C=O) groups is 3. The molecule has 0 saturated heterocycles. The summed E-state index contributed by atoms with van der Waals surface area (Å²) >= 11 is 0. The van der Waals surface area contributed by atoms with Crippen molar-refractivity contribution in [1.29, 1.82) is 0 Å². The standard InChI is InChI=1S/C16H14O8/c1-7-4-11(18)15(21,14(20)23-3)16(7)9-5-8(22-2)6-10(17)12(9)13(19)24-16/h4-6,17,21H,1-3H3/t15-,16-/m0/s1. The normalized spacial score (nSPS) is 27.8. The average Bonchev–Trinajstić information content (AvgIpc) is 2.96. The van der Waals surface area contributed by atoms with Crippen LogP contribution in [0.5, 0.6) is 11.5 Å². The average molecular weight is 334 g/mol. The Kier molecular flexibility index (Phi) is 3.21. The van der Waals surface area contributed by atoms with Crippen LogP contribution in [0.15, 0.2) is 23.8 Å². The second-order valence-corrected chi connectivity index (χ2v) is 5.53. The Morgan fingerprint density at radius 1 is 1.25 bits per heavy atom. The summed E-state index contributed by atoms with van der Waals surface area (Å²) in [4.78, 5) is 36.8. The number of aliphatic hydroxyl groups is 1. The maximum absolute atomic E-state index is 12.3. The molecule has 2 atom stereocenters. The maximum Gasteiger partial charge on any atom is 0.351 e. The minimum Gasteiger partial charge on any atom is -0.507 e. The van der Waals surface area contributed by atoms with Crippen molar-refractivity contribution >= 4 is 17.7 Å². The molecule has 8 heteroatoms. The lowest BCUT2D eigenvalue weighted by Crippen LogP contribution is -2.59. The summed E-state index contributed by atoms with van der Waals surface area (Å²) in [5.41, 5.74) is -5.07. The van der Waals surface area contributed by atoms with Crippen LogP contribution in [0.4, 0.5) is 0 Å². The van der Waals surface area contributed by atoms with E-state index in [0.717, 1.165) is 13.2 Å². The second-order valence-electron chi connectivity index (χ2n) is 5.53. The van der Waals surface area contributed by atoms with Gasteiger partial charge in [-0.15, -0.1) is 0 Å². The fraction of sp³-hybridized carbons (Fsp3) is 0.312. The van der Waals surface area contributed by atoms with Crippen LogP contribution < -0.4 is 4.74 Å². The van der Waals surface area contributed by atoms with E-state index < -0.39 is 34.7 Å². The number of benzene rings is 1. The van der Waals surface area contributed by atoms with Crippen LogP contribution in [0.2, 0.25) is 0 Å². The monoisotopic (exact) mass is 334 g/mol. The quantitative estimate of drug-likeness (QED) is 0.581. The minimum absolute atomic E-state index is 0.0446. The third kappa shape index (κ3) is 1.58. The highest BCUT2D eigenvalue weighted by molar-refractivity contribution is 6.18. The van der Waals surface area contributed by atoms with E-state index in [1.165, 1.54) is 26.2 Å². The number of ketones is 1. The van der Waals surface area contributed by atoms with Gasteiger partial charge in [-0.3, -0.25) is 4.79 Å². The molecule has 24 heavy (non-hydrogen) atoms. The molecule has 2 N–H and O–H groups in total. The molecule has 1 spiro atoms. The van der Waals surface area contributed by atoms with Gasteiger partial charge >= 0.3 is 11.9 Å². The first kappa shape index (κ1) is 16.0. The summed E-state index contributed by atoms with van der Waals surface area (Å²) in [6, 6.07) is 2.51. The van der Waals surface area contributed by atoms with Gasteiger partial charge in [0.15, 0.2) is 0 Å². The van der Waals surface area contributed by atoms with Crippen molar-refractivity contribution in [1.82, 2.24) is 0 Å². The van der Waals surface area contributed by atoms with Crippen molar-refractivity contribution in [3.8, 4) is 11.5 Å². The number of methoxy groups -OCH3 is 2. The Bertz CT molecular complexity index is 824. The van der Waals surface area contributed by atoms with E-state index in [1.54, 1.807) is 0 Å². The van der Waals surface area contributed by atoms with E-state index in [1.807, 2.05) is 0 Å². The predicted molar refractivity (Wildman–Crippen MR) is 77.5 cm³/mol. The van der Waals surface area contributed by atoms with Crippen molar-refractivity contribution in [2.45, 2.75) is 18.1 Å². The van der Waals surface area contributed by atoms with E-state index >= 15 is 0 Å². The van der Waals surface area contributed by atoms with Gasteiger partial charge in [-0.1, -0.05) is 0 Å². The van der Waals surface area contributed by atoms with Gasteiger partial charge < -0.3 is 24.4 Å². The molecule has 0 amide bonds. The zero-order chi connectivity index (χ0) is 17.9. The highest BCUT2D eigenvalue weighted by atomic mass is 16.6. The number of hydrogen-bond acceptors (Lipinski definition) is 8. The van der Waals surface area contributed by atoms with Gasteiger partial charge in [0.05, 0.1) is 14.2 Å². The topological polar surface area (TPSA) is 119 Å². The first-order valence-electron chi connectivity index (χ1n) is 6.92. The van der Waals surface area contributed by atoms with Gasteiger partial charge in [0.1, 0.15) is 17.1 Å². The van der Waals surface area contributed by atoms with Crippen molar-refractivity contribution in [3.63, 3.8) is 0 Å². The Hall–Kier alpha value is -2.87. The smallest absolute Gasteiger partial charge is 0.351 e. The lowest BCUT2D eigenvalue weighted by molar-refractivity contribution is -0.187. The van der Waals surface area contributed by atoms with Gasteiger partial charge in [0.2, 0.25) is 11.4 Å². The molecule has 1 aliphatic carbocycles. The lowest BCUT2D eigenvalue weighted by atomic mass is 9.75. The van der Waals surface area contributed by atoms with E-state index in [-0.39, 0.29) is 22.4 Å². The number of rotatable bonds is 2. The van der Waals surface area contributed by atoms with E-state index in [4.69, 9.17) is 9.47 Å². The molecule has 0 unspecified atom stereocenters. The molecule has 126 valence electrons. The van der Waals surface area contributed by atoms with Gasteiger partial charge in [0, 0.05) is 11.6 Å². The molecule has 0 radical (unpaired) electrons. The summed E-state index contributed by atoms with van der Waals surface area (Å²) in [6.45, 7) is 1.43. The molecule has 3 rings (SSSR count). The van der Waals surface area contributed by atoms with Crippen LogP contribution in [0.1, 0.15) is 22.8 Å². The molecule has 8 nitrogen and oxygen atoms in total. The largest absolute Gasteiger partial charge is 0.507 e. The zero-order valence-electron chi connectivity index (χ0n) is 13.1. The van der Waals surface area contributed by atoms with Crippen LogP contribution in [0.25, 0.3) is 0 Å². The molecular formula is C16H14O8. The lowest BCUT2D eigenvalue weighted by Gasteiger charge is -2.36. The van der Waals surface area contributed by atoms with Crippen LogP contribution in [0, 0.1) is 0 Å². The van der Waals surface area contributed by atoms with E-state index in [9.17, 15) is 24.6 Å². The van der Waals surface area contributed by atoms with Crippen LogP contribution in [-0.2, 0) is 24.7 Å². The summed E-state index contributed by atoms with van der Waals surface area (Å²) in [7, 11) is 2.33. The molecule has 2 aliphatic rings. The first-order chi connectivity index (χ1) is 11.2. The molecule has 0 bridgehead atoms. The van der Waals surface area contributed by atoms with Gasteiger partial charge in [-0.2, -0.15) is 0 Å². The molecule has 1 aromatic carbocycles. The summed E-state index contributed by atoms with van der Waals surface area (Å²) in [6.07, 6.45) is 1.01. The third-order valence-corrected chi connectivity index (χ3v) is 4.41. The highest BCUT2D eigenvalue weighted by Crippen LogP contribution is 2.55. The summed E-state index contributed by atoms with van der Waals surface area (Å²) < 4.78 is 14.9. The van der Waals surface area contributed by atoms with Gasteiger partial charge in [-0.25, -0.2) is 9.59 Å². The molecule has 0 saturated carbocycles. The fourth-order valence-corrected chi connectivity index (χ4v) is 3.27. The van der Waals surface area contributed by atoms with E-state index in [2.05, 4.69) is 4.74 Å². The number of ether oxygens (including phenoxy) is 3. The van der Waals surface area contributed by atoms with Crippen LogP contribution in [0.3, 0.4) is 0 Å². The zero-order valence-corrected chi connectivity index (χ0v) is 13.1. The number of esters is 2. The molecule has 0 aromatic heterocycles. The first-order valence-corrected chi connectivity index (χ1v) is 6.92. The van der Waals surface area contributed by atoms with Gasteiger partial charge in [-0.05, 0) is 24.6 Å². The van der Waals surface area contributed by atoms with Gasteiger partial charge in [0.25, 0.3) is 5.60 Å². The summed E-state index contributed by atoms with van der Waals surface area (Å²) in [5, 5.41) is 21.0. The third-order valence-electron chi connectivity index (χ3n) is 4.41. The Balaban J connectivity index is 2.39. The van der Waals surface area contributed by atoms with Crippen molar-refractivity contribution in [2.24, 2.45) is 0 Å². The number of phenols is 1. The number of fused-ring (bicyclic) bond motifs is 2. The molecule has 1 aliphatic heterocycles. The Morgan fingerprint density at radius 2 is 1.92 bits per heavy atom. The number of phenolic OH excluding ortho intramolecular Hbond substituents is 1. The molecular weight excluding hydrogens is 320 g/mol. The molecule has 1 aromatic rings. The van der Waals surface area contributed by atoms with Crippen LogP contribution in [-0.4, -0.2) is 47.8 Å². The maximum atomic E-state index is 12.3. The van der Waals surface area contributed by atoms with Crippen molar-refractivity contribution in [2.75, 3.05) is 14.2 Å². The number of carbonyl (C=O) groups excluding carboxylic acids is 3. The predicted octanol–water partition coefficient (Wildman–Crippen LogP) is 0.200. The SMILES string of the molecule is COC(=O)[C@@]1(O)C(=O)C=C(C)[C@@]12OC(=O)c1c(O)cc(OC)cc12. The Labute approximate surface area is 136 Å². The van der Waals surface area contributed by atoms with Crippen molar-refractivity contribution in [3.05, 3.63) is 34.9 Å². The van der Waals surface area contributed by atoms with Crippen molar-refractivity contribution < 1.29 is 38.8 Å². The fourth-order valence-electron chi connectivity index (χ4n) is 3.27. The van der Waals surface area contributed by atoms with Crippen LogP contribution >= 0.6 is 0 Å². The number of aromatic hydroxyl groups is 1. The highest BCUT2D eigenvalue weighted by Gasteiger charge is 2.72. The molecule has 0 fully saturated rings. The summed E-state index contributed by atoms with van der Waals surface area (Å²) in [5.74, 6) is -3.53. The second kappa shape index (κ2) is 4.81. The van der Waals surface area contributed by atoms with E-state index in [0.29, 0.717) is 0 Å². The molecule has 1 heterocycles. The minimum atomic E-state index is -2.79. The number of hydrogen-bond donors (Lipinski definition) is 2.